The molecule has 0 amide bonds. The van der Waals surface area contributed by atoms with Crippen LogP contribution < -0.4 is 4.90 Å². The number of nitrogens with zero attached hydrogens (tertiary/aromatic N) is 5. The molecule has 9 heteroatoms. The standard InChI is InChI=1S/C19H21N5O3S/c1-28(26,27)24-10-8-23(9-11-24)18-13-17(3-2-12-25)21-19(22-18)16-6-4-15(14-20)5-7-16/h4-7,12-13H,2-3,8-11H2,1H3. The molecule has 1 saturated heterocycles. The van der Waals surface area contributed by atoms with Crippen LogP contribution in [0.25, 0.3) is 11.4 Å². The molecule has 1 aliphatic rings. The van der Waals surface area contributed by atoms with Gasteiger partial charge in [-0.1, -0.05) is 0 Å². The lowest BCUT2D eigenvalue weighted by Crippen LogP contribution is -2.48. The summed E-state index contributed by atoms with van der Waals surface area (Å²) in [5.74, 6) is 1.23. The number of sulfonamides is 1. The van der Waals surface area contributed by atoms with E-state index in [0.29, 0.717) is 56.2 Å². The largest absolute Gasteiger partial charge is 0.354 e. The van der Waals surface area contributed by atoms with Crippen molar-refractivity contribution in [1.29, 1.82) is 5.26 Å². The van der Waals surface area contributed by atoms with Crippen molar-refractivity contribution in [2.45, 2.75) is 12.8 Å². The van der Waals surface area contributed by atoms with Crippen molar-refractivity contribution in [3.63, 3.8) is 0 Å². The van der Waals surface area contributed by atoms with Gasteiger partial charge in [0.05, 0.1) is 17.9 Å². The van der Waals surface area contributed by atoms with E-state index in [0.717, 1.165) is 17.5 Å². The molecule has 8 nitrogen and oxygen atoms in total. The lowest BCUT2D eigenvalue weighted by molar-refractivity contribution is -0.107. The van der Waals surface area contributed by atoms with Gasteiger partial charge in [0.2, 0.25) is 10.0 Å². The van der Waals surface area contributed by atoms with Gasteiger partial charge < -0.3 is 9.69 Å². The zero-order valence-electron chi connectivity index (χ0n) is 15.6. The van der Waals surface area contributed by atoms with Crippen LogP contribution in [0.1, 0.15) is 17.7 Å². The van der Waals surface area contributed by atoms with Gasteiger partial charge in [0.15, 0.2) is 5.82 Å². The summed E-state index contributed by atoms with van der Waals surface area (Å²) in [4.78, 5) is 22.0. The summed E-state index contributed by atoms with van der Waals surface area (Å²) in [7, 11) is -3.20. The van der Waals surface area contributed by atoms with Crippen LogP contribution in [-0.4, -0.2) is 61.4 Å². The van der Waals surface area contributed by atoms with E-state index >= 15 is 0 Å². The first-order valence-electron chi connectivity index (χ1n) is 8.93. The van der Waals surface area contributed by atoms with Gasteiger partial charge in [-0.25, -0.2) is 18.4 Å². The maximum Gasteiger partial charge on any atom is 0.211 e. The molecule has 0 unspecified atom stereocenters. The highest BCUT2D eigenvalue weighted by atomic mass is 32.2. The molecule has 1 aromatic carbocycles. The van der Waals surface area contributed by atoms with Crippen molar-refractivity contribution >= 4 is 22.1 Å². The van der Waals surface area contributed by atoms with E-state index in [1.165, 1.54) is 10.6 Å². The van der Waals surface area contributed by atoms with Crippen molar-refractivity contribution < 1.29 is 13.2 Å². The molecular weight excluding hydrogens is 378 g/mol. The summed E-state index contributed by atoms with van der Waals surface area (Å²) in [5.41, 5.74) is 2.09. The van der Waals surface area contributed by atoms with Gasteiger partial charge in [-0.15, -0.1) is 0 Å². The molecule has 1 aromatic heterocycles. The predicted octanol–water partition coefficient (Wildman–Crippen LogP) is 1.23. The predicted molar refractivity (Wildman–Crippen MR) is 105 cm³/mol. The first kappa shape index (κ1) is 19.9. The second kappa shape index (κ2) is 8.46. The Balaban J connectivity index is 1.90. The molecule has 0 saturated carbocycles. The molecule has 0 atom stereocenters. The van der Waals surface area contributed by atoms with Gasteiger partial charge in [0.25, 0.3) is 0 Å². The van der Waals surface area contributed by atoms with Gasteiger partial charge in [0.1, 0.15) is 12.1 Å². The first-order chi connectivity index (χ1) is 13.4. The van der Waals surface area contributed by atoms with Crippen LogP contribution in [0.15, 0.2) is 30.3 Å². The number of carbonyl (C=O) groups excluding carboxylic acids is 1. The van der Waals surface area contributed by atoms with Crippen LogP contribution in [0.3, 0.4) is 0 Å². The highest BCUT2D eigenvalue weighted by molar-refractivity contribution is 7.88. The average molecular weight is 399 g/mol. The van der Waals surface area contributed by atoms with Gasteiger partial charge in [0, 0.05) is 49.9 Å². The number of piperazine rings is 1. The lowest BCUT2D eigenvalue weighted by atomic mass is 10.1. The highest BCUT2D eigenvalue weighted by Gasteiger charge is 2.24. The molecule has 1 fully saturated rings. The number of aryl methyl sites for hydroxylation is 1. The topological polar surface area (TPSA) is 107 Å². The van der Waals surface area contributed by atoms with Crippen LogP contribution in [0.4, 0.5) is 5.82 Å². The number of benzene rings is 1. The minimum atomic E-state index is -3.20. The van der Waals surface area contributed by atoms with E-state index in [2.05, 4.69) is 16.0 Å². The Morgan fingerprint density at radius 1 is 1.14 bits per heavy atom. The van der Waals surface area contributed by atoms with Gasteiger partial charge in [-0.2, -0.15) is 9.57 Å². The van der Waals surface area contributed by atoms with E-state index in [1.807, 2.05) is 11.0 Å². The van der Waals surface area contributed by atoms with E-state index in [9.17, 15) is 13.2 Å². The first-order valence-corrected chi connectivity index (χ1v) is 10.8. The Morgan fingerprint density at radius 2 is 1.82 bits per heavy atom. The van der Waals surface area contributed by atoms with Gasteiger partial charge in [-0.3, -0.25) is 0 Å². The maximum absolute atomic E-state index is 11.7. The lowest BCUT2D eigenvalue weighted by Gasteiger charge is -2.34. The molecule has 3 rings (SSSR count). The molecule has 2 aromatic rings. The minimum Gasteiger partial charge on any atom is -0.354 e. The molecule has 1 aliphatic heterocycles. The van der Waals surface area contributed by atoms with Gasteiger partial charge in [-0.05, 0) is 30.7 Å². The van der Waals surface area contributed by atoms with Crippen LogP contribution in [0.5, 0.6) is 0 Å². The van der Waals surface area contributed by atoms with Gasteiger partial charge >= 0.3 is 0 Å². The highest BCUT2D eigenvalue weighted by Crippen LogP contribution is 2.23. The maximum atomic E-state index is 11.7. The average Bonchev–Trinajstić information content (AvgIpc) is 2.71. The Hall–Kier alpha value is -2.83. The SMILES string of the molecule is CS(=O)(=O)N1CCN(c2cc(CCC=O)nc(-c3ccc(C#N)cc3)n2)CC1. The van der Waals surface area contributed by atoms with Crippen molar-refractivity contribution in [2.24, 2.45) is 0 Å². The smallest absolute Gasteiger partial charge is 0.211 e. The Kier molecular flexibility index (Phi) is 6.02. The van der Waals surface area contributed by atoms with Crippen molar-refractivity contribution in [2.75, 3.05) is 37.3 Å². The molecule has 0 spiro atoms. The summed E-state index contributed by atoms with van der Waals surface area (Å²) in [6.07, 6.45) is 2.94. The van der Waals surface area contributed by atoms with Crippen LogP contribution in [0, 0.1) is 11.3 Å². The summed E-state index contributed by atoms with van der Waals surface area (Å²) in [6.45, 7) is 1.87. The fourth-order valence-corrected chi connectivity index (χ4v) is 3.88. The third-order valence-electron chi connectivity index (χ3n) is 4.59. The summed E-state index contributed by atoms with van der Waals surface area (Å²) < 4.78 is 24.9. The Morgan fingerprint density at radius 3 is 2.39 bits per heavy atom. The number of aldehydes is 1. The summed E-state index contributed by atoms with van der Waals surface area (Å²) in [6, 6.07) is 10.9. The van der Waals surface area contributed by atoms with Crippen LogP contribution >= 0.6 is 0 Å². The zero-order chi connectivity index (χ0) is 20.1. The monoisotopic (exact) mass is 399 g/mol. The number of aromatic nitrogens is 2. The van der Waals surface area contributed by atoms with E-state index in [1.54, 1.807) is 24.3 Å². The molecule has 0 N–H and O–H groups in total. The van der Waals surface area contributed by atoms with E-state index in [-0.39, 0.29) is 0 Å². The zero-order valence-corrected chi connectivity index (χ0v) is 16.4. The molecule has 0 radical (unpaired) electrons. The summed E-state index contributed by atoms with van der Waals surface area (Å²) >= 11 is 0. The van der Waals surface area contributed by atoms with Crippen LogP contribution in [-0.2, 0) is 21.2 Å². The Bertz CT molecular complexity index is 991. The number of anilines is 1. The number of nitriles is 1. The molecule has 0 bridgehead atoms. The van der Waals surface area contributed by atoms with Crippen molar-refractivity contribution in [1.82, 2.24) is 14.3 Å². The quantitative estimate of drug-likeness (QED) is 0.672. The molecular formula is C19H21N5O3S. The fraction of sp³-hybridized carbons (Fsp3) is 0.368. The fourth-order valence-electron chi connectivity index (χ4n) is 3.05. The van der Waals surface area contributed by atoms with Crippen molar-refractivity contribution in [3.8, 4) is 17.5 Å². The number of carbonyl (C=O) groups is 1. The second-order valence-electron chi connectivity index (χ2n) is 6.58. The number of rotatable bonds is 6. The molecule has 2 heterocycles. The van der Waals surface area contributed by atoms with E-state index in [4.69, 9.17) is 5.26 Å². The minimum absolute atomic E-state index is 0.366. The third-order valence-corrected chi connectivity index (χ3v) is 5.89. The number of hydrogen-bond donors (Lipinski definition) is 0. The molecule has 0 aliphatic carbocycles. The van der Waals surface area contributed by atoms with Crippen LogP contribution in [0.2, 0.25) is 0 Å². The summed E-state index contributed by atoms with van der Waals surface area (Å²) in [5, 5.41) is 8.97. The van der Waals surface area contributed by atoms with Crippen molar-refractivity contribution in [3.05, 3.63) is 41.6 Å². The number of hydrogen-bond acceptors (Lipinski definition) is 7. The second-order valence-corrected chi connectivity index (χ2v) is 8.57. The normalized spacial score (nSPS) is 15.2. The van der Waals surface area contributed by atoms with E-state index < -0.39 is 10.0 Å². The Labute approximate surface area is 164 Å². The molecule has 146 valence electrons. The molecule has 28 heavy (non-hydrogen) atoms. The third kappa shape index (κ3) is 4.71.